The maximum atomic E-state index is 12.8. The lowest BCUT2D eigenvalue weighted by molar-refractivity contribution is -0.139. The van der Waals surface area contributed by atoms with Crippen LogP contribution in [-0.2, 0) is 4.79 Å². The maximum Gasteiger partial charge on any atom is 0.263 e. The van der Waals surface area contributed by atoms with Gasteiger partial charge in [0, 0.05) is 19.1 Å². The molecule has 0 aliphatic carbocycles. The molecule has 1 aliphatic heterocycles. The van der Waals surface area contributed by atoms with Crippen molar-refractivity contribution in [1.82, 2.24) is 10.2 Å². The zero-order valence-electron chi connectivity index (χ0n) is 17.8. The molecule has 3 rings (SSSR count). The first kappa shape index (κ1) is 21.7. The molecule has 1 unspecified atom stereocenters. The van der Waals surface area contributed by atoms with Gasteiger partial charge >= 0.3 is 0 Å². The monoisotopic (exact) mass is 410 g/mol. The van der Waals surface area contributed by atoms with Crippen molar-refractivity contribution >= 4 is 11.8 Å². The summed E-state index contributed by atoms with van der Waals surface area (Å²) in [6.45, 7) is 7.16. The van der Waals surface area contributed by atoms with E-state index >= 15 is 0 Å². The molecule has 2 N–H and O–H groups in total. The standard InChI is InChI=1S/C24H30N2O4/c1-16(2)18-8-10-20(11-9-18)30-17(3)24(29)26-14-12-19(13-15-26)25-23(28)21-6-4-5-7-22(21)27/h4-11,16-17,19,27H,12-15H2,1-3H3,(H,25,28). The second-order valence-corrected chi connectivity index (χ2v) is 8.07. The Morgan fingerprint density at radius 1 is 1.03 bits per heavy atom. The predicted molar refractivity (Wildman–Crippen MR) is 116 cm³/mol. The number of nitrogens with one attached hydrogen (secondary N) is 1. The van der Waals surface area contributed by atoms with Crippen LogP contribution in [0.2, 0.25) is 0 Å². The van der Waals surface area contributed by atoms with Crippen LogP contribution in [-0.4, -0.2) is 47.1 Å². The van der Waals surface area contributed by atoms with E-state index in [1.807, 2.05) is 24.3 Å². The quantitative estimate of drug-likeness (QED) is 0.761. The summed E-state index contributed by atoms with van der Waals surface area (Å²) in [7, 11) is 0. The third-order valence-electron chi connectivity index (χ3n) is 5.50. The van der Waals surface area contributed by atoms with E-state index in [9.17, 15) is 14.7 Å². The van der Waals surface area contributed by atoms with Crippen molar-refractivity contribution < 1.29 is 19.4 Å². The molecule has 0 saturated carbocycles. The Balaban J connectivity index is 1.48. The molecule has 2 amide bonds. The van der Waals surface area contributed by atoms with Crippen molar-refractivity contribution in [1.29, 1.82) is 0 Å². The lowest BCUT2D eigenvalue weighted by Gasteiger charge is -2.34. The zero-order valence-corrected chi connectivity index (χ0v) is 17.8. The molecule has 6 nitrogen and oxygen atoms in total. The fraction of sp³-hybridized carbons (Fsp3) is 0.417. The molecule has 30 heavy (non-hydrogen) atoms. The molecule has 2 aromatic carbocycles. The van der Waals surface area contributed by atoms with Crippen molar-refractivity contribution in [2.75, 3.05) is 13.1 Å². The SMILES string of the molecule is CC(Oc1ccc(C(C)C)cc1)C(=O)N1CCC(NC(=O)c2ccccc2O)CC1. The summed E-state index contributed by atoms with van der Waals surface area (Å²) in [4.78, 5) is 26.9. The van der Waals surface area contributed by atoms with Crippen LogP contribution >= 0.6 is 0 Å². The van der Waals surface area contributed by atoms with Crippen molar-refractivity contribution in [3.63, 3.8) is 0 Å². The highest BCUT2D eigenvalue weighted by Gasteiger charge is 2.28. The van der Waals surface area contributed by atoms with E-state index in [0.717, 1.165) is 0 Å². The lowest BCUT2D eigenvalue weighted by Crippen LogP contribution is -2.49. The first-order chi connectivity index (χ1) is 14.3. The van der Waals surface area contributed by atoms with Gasteiger partial charge in [0.25, 0.3) is 11.8 Å². The van der Waals surface area contributed by atoms with Crippen LogP contribution < -0.4 is 10.1 Å². The van der Waals surface area contributed by atoms with Crippen LogP contribution in [0.3, 0.4) is 0 Å². The first-order valence-corrected chi connectivity index (χ1v) is 10.5. The van der Waals surface area contributed by atoms with Crippen LogP contribution in [0.4, 0.5) is 0 Å². The second-order valence-electron chi connectivity index (χ2n) is 8.07. The van der Waals surface area contributed by atoms with Crippen LogP contribution in [0.25, 0.3) is 0 Å². The minimum absolute atomic E-state index is 0.0269. The van der Waals surface area contributed by atoms with Crippen molar-refractivity contribution in [3.8, 4) is 11.5 Å². The van der Waals surface area contributed by atoms with Gasteiger partial charge in [0.1, 0.15) is 11.5 Å². The molecule has 1 atom stereocenters. The number of likely N-dealkylation sites (tertiary alicyclic amines) is 1. The Morgan fingerprint density at radius 3 is 2.27 bits per heavy atom. The molecule has 0 aromatic heterocycles. The summed E-state index contributed by atoms with van der Waals surface area (Å²) in [5.41, 5.74) is 1.50. The Kier molecular flexibility index (Phi) is 6.98. The van der Waals surface area contributed by atoms with Gasteiger partial charge in [-0.3, -0.25) is 9.59 Å². The van der Waals surface area contributed by atoms with Gasteiger partial charge in [-0.05, 0) is 55.5 Å². The number of benzene rings is 2. The number of para-hydroxylation sites is 1. The van der Waals surface area contributed by atoms with Crippen molar-refractivity contribution in [3.05, 3.63) is 59.7 Å². The highest BCUT2D eigenvalue weighted by molar-refractivity contribution is 5.96. The normalized spacial score (nSPS) is 15.7. The number of piperidine rings is 1. The molecule has 0 radical (unpaired) electrons. The molecule has 1 heterocycles. The summed E-state index contributed by atoms with van der Waals surface area (Å²) in [6, 6.07) is 14.3. The smallest absolute Gasteiger partial charge is 0.263 e. The van der Waals surface area contributed by atoms with Gasteiger partial charge in [0.2, 0.25) is 0 Å². The summed E-state index contributed by atoms with van der Waals surface area (Å²) in [5.74, 6) is 0.763. The summed E-state index contributed by atoms with van der Waals surface area (Å²) < 4.78 is 5.84. The number of carbonyl (C=O) groups is 2. The maximum absolute atomic E-state index is 12.8. The van der Waals surface area contributed by atoms with E-state index < -0.39 is 6.10 Å². The average Bonchev–Trinajstić information content (AvgIpc) is 2.74. The van der Waals surface area contributed by atoms with Gasteiger partial charge in [-0.15, -0.1) is 0 Å². The molecule has 0 spiro atoms. The molecule has 6 heteroatoms. The highest BCUT2D eigenvalue weighted by Crippen LogP contribution is 2.21. The van der Waals surface area contributed by atoms with E-state index in [1.54, 1.807) is 30.0 Å². The largest absolute Gasteiger partial charge is 0.507 e. The molecule has 0 bridgehead atoms. The number of nitrogens with zero attached hydrogens (tertiary/aromatic N) is 1. The van der Waals surface area contributed by atoms with Gasteiger partial charge in [-0.25, -0.2) is 0 Å². The molecule has 2 aromatic rings. The number of ether oxygens (including phenoxy) is 1. The number of amides is 2. The fourth-order valence-corrected chi connectivity index (χ4v) is 3.62. The molecular formula is C24H30N2O4. The van der Waals surface area contributed by atoms with Gasteiger partial charge < -0.3 is 20.1 Å². The third kappa shape index (κ3) is 5.32. The van der Waals surface area contributed by atoms with E-state index in [0.29, 0.717) is 37.6 Å². The van der Waals surface area contributed by atoms with Gasteiger partial charge in [0.15, 0.2) is 6.10 Å². The van der Waals surface area contributed by atoms with Crippen LogP contribution in [0.15, 0.2) is 48.5 Å². The van der Waals surface area contributed by atoms with Crippen LogP contribution in [0.1, 0.15) is 55.5 Å². The number of rotatable bonds is 6. The first-order valence-electron chi connectivity index (χ1n) is 10.5. The summed E-state index contributed by atoms with van der Waals surface area (Å²) in [5, 5.41) is 12.8. The zero-order chi connectivity index (χ0) is 21.7. The summed E-state index contributed by atoms with van der Waals surface area (Å²) in [6.07, 6.45) is 0.768. The number of hydrogen-bond donors (Lipinski definition) is 2. The molecule has 1 aliphatic rings. The average molecular weight is 411 g/mol. The van der Waals surface area contributed by atoms with Crippen LogP contribution in [0, 0.1) is 0 Å². The van der Waals surface area contributed by atoms with Crippen LogP contribution in [0.5, 0.6) is 11.5 Å². The Hall–Kier alpha value is -3.02. The molecule has 1 fully saturated rings. The van der Waals surface area contributed by atoms with E-state index in [-0.39, 0.29) is 29.2 Å². The predicted octanol–water partition coefficient (Wildman–Crippen LogP) is 3.70. The van der Waals surface area contributed by atoms with E-state index in [4.69, 9.17) is 4.74 Å². The Bertz CT molecular complexity index is 871. The van der Waals surface area contributed by atoms with Gasteiger partial charge in [0.05, 0.1) is 5.56 Å². The minimum atomic E-state index is -0.567. The second kappa shape index (κ2) is 9.65. The number of hydrogen-bond acceptors (Lipinski definition) is 4. The highest BCUT2D eigenvalue weighted by atomic mass is 16.5. The number of carbonyl (C=O) groups excluding carboxylic acids is 2. The Morgan fingerprint density at radius 2 is 1.67 bits per heavy atom. The topological polar surface area (TPSA) is 78.9 Å². The lowest BCUT2D eigenvalue weighted by atomic mass is 10.0. The Labute approximate surface area is 177 Å². The minimum Gasteiger partial charge on any atom is -0.507 e. The van der Waals surface area contributed by atoms with E-state index in [1.165, 1.54) is 11.6 Å². The third-order valence-corrected chi connectivity index (χ3v) is 5.50. The fourth-order valence-electron chi connectivity index (χ4n) is 3.62. The van der Waals surface area contributed by atoms with Crippen molar-refractivity contribution in [2.24, 2.45) is 0 Å². The number of aromatic hydroxyl groups is 1. The summed E-state index contributed by atoms with van der Waals surface area (Å²) >= 11 is 0. The molecule has 160 valence electrons. The number of phenolic OH excluding ortho intramolecular Hbond substituents is 1. The van der Waals surface area contributed by atoms with Gasteiger partial charge in [-0.1, -0.05) is 38.1 Å². The number of phenols is 1. The van der Waals surface area contributed by atoms with Gasteiger partial charge in [-0.2, -0.15) is 0 Å². The molecule has 1 saturated heterocycles. The van der Waals surface area contributed by atoms with Crippen molar-refractivity contribution in [2.45, 2.75) is 51.7 Å². The van der Waals surface area contributed by atoms with E-state index in [2.05, 4.69) is 19.2 Å². The molecular weight excluding hydrogens is 380 g/mol.